The van der Waals surface area contributed by atoms with Gasteiger partial charge in [-0.05, 0) is 30.5 Å². The summed E-state index contributed by atoms with van der Waals surface area (Å²) in [4.78, 5) is 11.3. The van der Waals surface area contributed by atoms with Crippen molar-refractivity contribution >= 4 is 5.97 Å². The third-order valence-electron chi connectivity index (χ3n) is 3.92. The summed E-state index contributed by atoms with van der Waals surface area (Å²) in [6.45, 7) is 0.711. The number of hydrogen-bond acceptors (Lipinski definition) is 4. The molecule has 0 radical (unpaired) electrons. The first-order valence-corrected chi connectivity index (χ1v) is 7.29. The van der Waals surface area contributed by atoms with Crippen molar-refractivity contribution in [1.82, 2.24) is 5.32 Å². The molecular formula is C16H23NO3. The van der Waals surface area contributed by atoms with Gasteiger partial charge in [0, 0.05) is 12.6 Å². The molecule has 0 bridgehead atoms. The average molecular weight is 277 g/mol. The molecule has 1 saturated carbocycles. The Morgan fingerprint density at radius 2 is 1.95 bits per heavy atom. The fourth-order valence-corrected chi connectivity index (χ4v) is 2.65. The van der Waals surface area contributed by atoms with Gasteiger partial charge in [0.2, 0.25) is 0 Å². The Hall–Kier alpha value is -1.39. The molecule has 0 saturated heterocycles. The number of aliphatic hydroxyl groups is 1. The molecule has 1 aromatic rings. The second-order valence-electron chi connectivity index (χ2n) is 5.38. The predicted octanol–water partition coefficient (Wildman–Crippen LogP) is 2.26. The van der Waals surface area contributed by atoms with E-state index in [0.717, 1.165) is 24.8 Å². The van der Waals surface area contributed by atoms with Crippen molar-refractivity contribution in [1.29, 1.82) is 0 Å². The van der Waals surface area contributed by atoms with E-state index in [2.05, 4.69) is 10.1 Å². The molecule has 2 rings (SSSR count). The van der Waals surface area contributed by atoms with E-state index in [4.69, 9.17) is 0 Å². The topological polar surface area (TPSA) is 58.6 Å². The summed E-state index contributed by atoms with van der Waals surface area (Å²) in [5.74, 6) is -0.316. The highest BCUT2D eigenvalue weighted by molar-refractivity contribution is 5.89. The molecule has 1 aromatic carbocycles. The normalized spacial score (nSPS) is 23.1. The second-order valence-corrected chi connectivity index (χ2v) is 5.38. The van der Waals surface area contributed by atoms with Crippen LogP contribution in [0.5, 0.6) is 0 Å². The third-order valence-corrected chi connectivity index (χ3v) is 3.92. The Bertz CT molecular complexity index is 430. The highest BCUT2D eigenvalue weighted by Gasteiger charge is 2.20. The number of ether oxygens (including phenoxy) is 1. The summed E-state index contributed by atoms with van der Waals surface area (Å²) in [6.07, 6.45) is 5.18. The number of methoxy groups -OCH3 is 1. The van der Waals surface area contributed by atoms with E-state index < -0.39 is 0 Å². The molecule has 4 nitrogen and oxygen atoms in total. The SMILES string of the molecule is COC(=O)c1ccc(CNC2CCCCCC2O)cc1. The van der Waals surface area contributed by atoms with Crippen LogP contribution < -0.4 is 5.32 Å². The van der Waals surface area contributed by atoms with Crippen molar-refractivity contribution in [2.45, 2.75) is 50.8 Å². The van der Waals surface area contributed by atoms with E-state index in [9.17, 15) is 9.90 Å². The molecule has 0 amide bonds. The average Bonchev–Trinajstić information content (AvgIpc) is 2.69. The molecule has 1 fully saturated rings. The van der Waals surface area contributed by atoms with Crippen LogP contribution in [0.25, 0.3) is 0 Å². The molecule has 4 heteroatoms. The Morgan fingerprint density at radius 1 is 1.25 bits per heavy atom. The van der Waals surface area contributed by atoms with Crippen LogP contribution in [0.15, 0.2) is 24.3 Å². The lowest BCUT2D eigenvalue weighted by Gasteiger charge is -2.21. The van der Waals surface area contributed by atoms with Gasteiger partial charge in [-0.2, -0.15) is 0 Å². The zero-order valence-electron chi connectivity index (χ0n) is 12.0. The molecule has 0 aromatic heterocycles. The van der Waals surface area contributed by atoms with Gasteiger partial charge < -0.3 is 15.2 Å². The van der Waals surface area contributed by atoms with Gasteiger partial charge in [-0.1, -0.05) is 31.4 Å². The van der Waals surface area contributed by atoms with Gasteiger partial charge in [0.15, 0.2) is 0 Å². The summed E-state index contributed by atoms with van der Waals surface area (Å²) >= 11 is 0. The molecular weight excluding hydrogens is 254 g/mol. The van der Waals surface area contributed by atoms with Crippen molar-refractivity contribution in [2.75, 3.05) is 7.11 Å². The van der Waals surface area contributed by atoms with Crippen LogP contribution in [0.4, 0.5) is 0 Å². The molecule has 2 N–H and O–H groups in total. The van der Waals surface area contributed by atoms with E-state index in [-0.39, 0.29) is 18.1 Å². The van der Waals surface area contributed by atoms with Gasteiger partial charge in [-0.25, -0.2) is 4.79 Å². The predicted molar refractivity (Wildman–Crippen MR) is 77.5 cm³/mol. The maximum Gasteiger partial charge on any atom is 0.337 e. The van der Waals surface area contributed by atoms with Gasteiger partial charge in [-0.3, -0.25) is 0 Å². The standard InChI is InChI=1S/C16H23NO3/c1-20-16(19)13-9-7-12(8-10-13)11-17-14-5-3-2-4-6-15(14)18/h7-10,14-15,17-18H,2-6,11H2,1H3. The van der Waals surface area contributed by atoms with E-state index in [1.165, 1.54) is 20.0 Å². The van der Waals surface area contributed by atoms with Crippen molar-refractivity contribution in [3.05, 3.63) is 35.4 Å². The van der Waals surface area contributed by atoms with E-state index in [1.807, 2.05) is 12.1 Å². The third kappa shape index (κ3) is 4.05. The molecule has 0 heterocycles. The number of hydrogen-bond donors (Lipinski definition) is 2. The smallest absolute Gasteiger partial charge is 0.337 e. The number of nitrogens with one attached hydrogen (secondary N) is 1. The zero-order chi connectivity index (χ0) is 14.4. The van der Waals surface area contributed by atoms with Gasteiger partial charge in [0.05, 0.1) is 18.8 Å². The zero-order valence-corrected chi connectivity index (χ0v) is 12.0. The molecule has 1 aliphatic rings. The summed E-state index contributed by atoms with van der Waals surface area (Å²) in [5, 5.41) is 13.5. The lowest BCUT2D eigenvalue weighted by atomic mass is 10.1. The van der Waals surface area contributed by atoms with Crippen LogP contribution in [-0.4, -0.2) is 30.3 Å². The maximum absolute atomic E-state index is 11.3. The lowest BCUT2D eigenvalue weighted by molar-refractivity contribution is 0.0600. The molecule has 20 heavy (non-hydrogen) atoms. The summed E-state index contributed by atoms with van der Waals surface area (Å²) < 4.78 is 4.67. The van der Waals surface area contributed by atoms with Gasteiger partial charge in [0.1, 0.15) is 0 Å². The Balaban J connectivity index is 1.88. The van der Waals surface area contributed by atoms with Crippen LogP contribution in [0, 0.1) is 0 Å². The first-order chi connectivity index (χ1) is 9.70. The minimum atomic E-state index is -0.316. The van der Waals surface area contributed by atoms with Crippen molar-refractivity contribution < 1.29 is 14.6 Å². The fraction of sp³-hybridized carbons (Fsp3) is 0.562. The van der Waals surface area contributed by atoms with Crippen molar-refractivity contribution in [3.63, 3.8) is 0 Å². The van der Waals surface area contributed by atoms with Crippen LogP contribution in [-0.2, 0) is 11.3 Å². The number of carbonyl (C=O) groups excluding carboxylic acids is 1. The molecule has 110 valence electrons. The first kappa shape index (κ1) is 15.0. The minimum absolute atomic E-state index is 0.179. The molecule has 0 spiro atoms. The summed E-state index contributed by atoms with van der Waals surface area (Å²) in [7, 11) is 1.38. The molecule has 1 aliphatic carbocycles. The Morgan fingerprint density at radius 3 is 2.65 bits per heavy atom. The number of aliphatic hydroxyl groups excluding tert-OH is 1. The van der Waals surface area contributed by atoms with Gasteiger partial charge in [0.25, 0.3) is 0 Å². The van der Waals surface area contributed by atoms with Crippen LogP contribution >= 0.6 is 0 Å². The Kier molecular flexibility index (Phi) is 5.56. The monoisotopic (exact) mass is 277 g/mol. The molecule has 0 aliphatic heterocycles. The van der Waals surface area contributed by atoms with E-state index >= 15 is 0 Å². The molecule has 2 unspecified atom stereocenters. The van der Waals surface area contributed by atoms with E-state index in [0.29, 0.717) is 12.1 Å². The van der Waals surface area contributed by atoms with Crippen LogP contribution in [0.3, 0.4) is 0 Å². The van der Waals surface area contributed by atoms with Crippen molar-refractivity contribution in [2.24, 2.45) is 0 Å². The Labute approximate surface area is 120 Å². The summed E-state index contributed by atoms with van der Waals surface area (Å²) in [6, 6.07) is 7.56. The fourth-order valence-electron chi connectivity index (χ4n) is 2.65. The summed E-state index contributed by atoms with van der Waals surface area (Å²) in [5.41, 5.74) is 1.67. The first-order valence-electron chi connectivity index (χ1n) is 7.29. The number of rotatable bonds is 4. The number of esters is 1. The lowest BCUT2D eigenvalue weighted by Crippen LogP contribution is -2.38. The second kappa shape index (κ2) is 7.41. The van der Waals surface area contributed by atoms with Crippen LogP contribution in [0.2, 0.25) is 0 Å². The van der Waals surface area contributed by atoms with Crippen molar-refractivity contribution in [3.8, 4) is 0 Å². The van der Waals surface area contributed by atoms with E-state index in [1.54, 1.807) is 12.1 Å². The largest absolute Gasteiger partial charge is 0.465 e. The quantitative estimate of drug-likeness (QED) is 0.654. The number of benzene rings is 1. The van der Waals surface area contributed by atoms with Gasteiger partial charge >= 0.3 is 5.97 Å². The van der Waals surface area contributed by atoms with Gasteiger partial charge in [-0.15, -0.1) is 0 Å². The number of carbonyl (C=O) groups is 1. The maximum atomic E-state index is 11.3. The molecule has 2 atom stereocenters. The highest BCUT2D eigenvalue weighted by atomic mass is 16.5. The van der Waals surface area contributed by atoms with Crippen LogP contribution in [0.1, 0.15) is 48.0 Å². The minimum Gasteiger partial charge on any atom is -0.465 e. The highest BCUT2D eigenvalue weighted by Crippen LogP contribution is 2.18.